The van der Waals surface area contributed by atoms with E-state index in [-0.39, 0.29) is 11.6 Å². The Morgan fingerprint density at radius 2 is 1.96 bits per heavy atom. The average Bonchev–Trinajstić information content (AvgIpc) is 2.66. The van der Waals surface area contributed by atoms with Gasteiger partial charge in [-0.2, -0.15) is 0 Å². The number of nitrogens with one attached hydrogen (secondary N) is 1. The van der Waals surface area contributed by atoms with Gasteiger partial charge in [-0.05, 0) is 56.5 Å². The van der Waals surface area contributed by atoms with Crippen LogP contribution in [-0.4, -0.2) is 12.6 Å². The van der Waals surface area contributed by atoms with Crippen molar-refractivity contribution in [3.8, 4) is 22.6 Å². The first kappa shape index (κ1) is 18.7. The predicted molar refractivity (Wildman–Crippen MR) is 117 cm³/mol. The van der Waals surface area contributed by atoms with Gasteiger partial charge in [-0.3, -0.25) is 0 Å². The fourth-order valence-electron chi connectivity index (χ4n) is 4.51. The lowest BCUT2D eigenvalue weighted by Gasteiger charge is -2.37. The molecule has 0 fully saturated rings. The van der Waals surface area contributed by atoms with Crippen molar-refractivity contribution < 1.29 is 9.47 Å². The van der Waals surface area contributed by atoms with Crippen LogP contribution in [0.2, 0.25) is 0 Å². The quantitative estimate of drug-likeness (QED) is 0.599. The Labute approximate surface area is 168 Å². The minimum atomic E-state index is -0.0615. The van der Waals surface area contributed by atoms with Gasteiger partial charge in [0, 0.05) is 23.2 Å². The lowest BCUT2D eigenvalue weighted by molar-refractivity contribution is 0.204. The monoisotopic (exact) mass is 375 g/mol. The molecule has 0 spiro atoms. The SMILES string of the molecule is CCC=CCC1Oc2cccc(OC)c2-c2ccc3c(c21)C(C)=CC(C)(C)N3. The fraction of sp³-hybridized carbons (Fsp3) is 0.360. The van der Waals surface area contributed by atoms with E-state index in [4.69, 9.17) is 9.47 Å². The Morgan fingerprint density at radius 1 is 1.14 bits per heavy atom. The Hall–Kier alpha value is -2.68. The fourth-order valence-corrected chi connectivity index (χ4v) is 4.51. The molecule has 4 rings (SSSR count). The summed E-state index contributed by atoms with van der Waals surface area (Å²) in [4.78, 5) is 0. The van der Waals surface area contributed by atoms with Gasteiger partial charge in [0.05, 0.1) is 18.2 Å². The molecule has 0 aliphatic carbocycles. The predicted octanol–water partition coefficient (Wildman–Crippen LogP) is 6.76. The van der Waals surface area contributed by atoms with Crippen molar-refractivity contribution in [2.75, 3.05) is 12.4 Å². The van der Waals surface area contributed by atoms with Crippen molar-refractivity contribution in [1.29, 1.82) is 0 Å². The Morgan fingerprint density at radius 3 is 2.71 bits per heavy atom. The van der Waals surface area contributed by atoms with Crippen molar-refractivity contribution in [2.24, 2.45) is 0 Å². The van der Waals surface area contributed by atoms with Gasteiger partial charge in [0.2, 0.25) is 0 Å². The lowest BCUT2D eigenvalue weighted by Crippen LogP contribution is -2.32. The largest absolute Gasteiger partial charge is 0.496 e. The van der Waals surface area contributed by atoms with Gasteiger partial charge < -0.3 is 14.8 Å². The number of benzene rings is 2. The summed E-state index contributed by atoms with van der Waals surface area (Å²) in [5, 5.41) is 3.68. The molecule has 2 aromatic rings. The van der Waals surface area contributed by atoms with E-state index in [0.717, 1.165) is 29.9 Å². The summed E-state index contributed by atoms with van der Waals surface area (Å²) in [5.74, 6) is 1.75. The molecule has 146 valence electrons. The van der Waals surface area contributed by atoms with Crippen LogP contribution in [0.1, 0.15) is 57.8 Å². The number of methoxy groups -OCH3 is 1. The molecular formula is C25H29NO2. The van der Waals surface area contributed by atoms with Gasteiger partial charge in [-0.25, -0.2) is 0 Å². The molecule has 2 heterocycles. The van der Waals surface area contributed by atoms with E-state index >= 15 is 0 Å². The van der Waals surface area contributed by atoms with Gasteiger partial charge in [-0.15, -0.1) is 0 Å². The number of fused-ring (bicyclic) bond motifs is 5. The summed E-state index contributed by atoms with van der Waals surface area (Å²) in [5.41, 5.74) is 7.19. The lowest BCUT2D eigenvalue weighted by atomic mass is 9.81. The van der Waals surface area contributed by atoms with Crippen molar-refractivity contribution in [1.82, 2.24) is 0 Å². The van der Waals surface area contributed by atoms with E-state index in [0.29, 0.717) is 0 Å². The summed E-state index contributed by atoms with van der Waals surface area (Å²) in [6, 6.07) is 10.5. The molecule has 28 heavy (non-hydrogen) atoms. The second kappa shape index (κ2) is 7.05. The number of allylic oxidation sites excluding steroid dienone is 2. The van der Waals surface area contributed by atoms with Gasteiger partial charge >= 0.3 is 0 Å². The Balaban J connectivity index is 1.96. The smallest absolute Gasteiger partial charge is 0.131 e. The molecular weight excluding hydrogens is 346 g/mol. The van der Waals surface area contributed by atoms with Crippen LogP contribution in [0, 0.1) is 0 Å². The molecule has 0 saturated heterocycles. The third kappa shape index (κ3) is 3.09. The first-order chi connectivity index (χ1) is 13.4. The summed E-state index contributed by atoms with van der Waals surface area (Å²) >= 11 is 0. The van der Waals surface area contributed by atoms with Crippen molar-refractivity contribution in [2.45, 2.75) is 52.2 Å². The van der Waals surface area contributed by atoms with Gasteiger partial charge in [0.1, 0.15) is 17.6 Å². The van der Waals surface area contributed by atoms with Crippen molar-refractivity contribution in [3.05, 3.63) is 59.7 Å². The molecule has 0 radical (unpaired) electrons. The zero-order chi connectivity index (χ0) is 19.9. The highest BCUT2D eigenvalue weighted by molar-refractivity contribution is 5.91. The summed E-state index contributed by atoms with van der Waals surface area (Å²) < 4.78 is 12.2. The topological polar surface area (TPSA) is 30.5 Å². The van der Waals surface area contributed by atoms with E-state index < -0.39 is 0 Å². The highest BCUT2D eigenvalue weighted by Crippen LogP contribution is 2.52. The normalized spacial score (nSPS) is 19.0. The number of hydrogen-bond acceptors (Lipinski definition) is 3. The standard InChI is InChI=1S/C25H29NO2/c1-6-7-8-10-21-24-17(23-19(27-5)11-9-12-20(23)28-21)13-14-18-22(24)16(2)15-25(3,4)26-18/h7-9,11-15,21,26H,6,10H2,1-5H3. The van der Waals surface area contributed by atoms with Gasteiger partial charge in [0.15, 0.2) is 0 Å². The average molecular weight is 376 g/mol. The van der Waals surface area contributed by atoms with Crippen LogP contribution in [0.4, 0.5) is 5.69 Å². The molecule has 1 unspecified atom stereocenters. The molecule has 1 atom stereocenters. The van der Waals surface area contributed by atoms with Crippen molar-refractivity contribution in [3.63, 3.8) is 0 Å². The number of anilines is 1. The molecule has 2 aliphatic heterocycles. The second-order valence-corrected chi connectivity index (χ2v) is 8.18. The summed E-state index contributed by atoms with van der Waals surface area (Å²) in [7, 11) is 1.72. The first-order valence-corrected chi connectivity index (χ1v) is 10.1. The maximum Gasteiger partial charge on any atom is 0.131 e. The molecule has 2 aliphatic rings. The zero-order valence-electron chi connectivity index (χ0n) is 17.4. The molecule has 0 amide bonds. The number of rotatable bonds is 4. The highest BCUT2D eigenvalue weighted by atomic mass is 16.5. The highest BCUT2D eigenvalue weighted by Gasteiger charge is 2.34. The van der Waals surface area contributed by atoms with Crippen LogP contribution in [0.25, 0.3) is 16.7 Å². The molecule has 3 nitrogen and oxygen atoms in total. The van der Waals surface area contributed by atoms with Crippen molar-refractivity contribution >= 4 is 11.3 Å². The molecule has 3 heteroatoms. The van der Waals surface area contributed by atoms with Crippen LogP contribution in [0.3, 0.4) is 0 Å². The summed E-state index contributed by atoms with van der Waals surface area (Å²) in [6.45, 7) is 8.77. The maximum absolute atomic E-state index is 6.53. The van der Waals surface area contributed by atoms with E-state index in [1.165, 1.54) is 28.0 Å². The van der Waals surface area contributed by atoms with Crippen LogP contribution < -0.4 is 14.8 Å². The molecule has 1 N–H and O–H groups in total. The van der Waals surface area contributed by atoms with Crippen LogP contribution >= 0.6 is 0 Å². The van der Waals surface area contributed by atoms with E-state index in [1.54, 1.807) is 7.11 Å². The Bertz CT molecular complexity index is 969. The van der Waals surface area contributed by atoms with E-state index in [9.17, 15) is 0 Å². The van der Waals surface area contributed by atoms with Crippen LogP contribution in [0.5, 0.6) is 11.5 Å². The third-order valence-electron chi connectivity index (χ3n) is 5.50. The summed E-state index contributed by atoms with van der Waals surface area (Å²) in [6.07, 6.45) is 8.63. The number of hydrogen-bond donors (Lipinski definition) is 1. The minimum Gasteiger partial charge on any atom is -0.496 e. The molecule has 0 bridgehead atoms. The molecule has 2 aromatic carbocycles. The van der Waals surface area contributed by atoms with Gasteiger partial charge in [-0.1, -0.05) is 37.3 Å². The molecule has 0 saturated carbocycles. The first-order valence-electron chi connectivity index (χ1n) is 10.1. The van der Waals surface area contributed by atoms with Crippen LogP contribution in [0.15, 0.2) is 48.6 Å². The van der Waals surface area contributed by atoms with Crippen LogP contribution in [-0.2, 0) is 0 Å². The number of ether oxygens (including phenoxy) is 2. The van der Waals surface area contributed by atoms with Gasteiger partial charge in [0.25, 0.3) is 0 Å². The molecule has 0 aromatic heterocycles. The Kier molecular flexibility index (Phi) is 4.70. The minimum absolute atomic E-state index is 0.0151. The second-order valence-electron chi connectivity index (χ2n) is 8.18. The maximum atomic E-state index is 6.53. The third-order valence-corrected chi connectivity index (χ3v) is 5.50. The van der Waals surface area contributed by atoms with E-state index in [2.05, 4.69) is 63.4 Å². The zero-order valence-corrected chi connectivity index (χ0v) is 17.4. The van der Waals surface area contributed by atoms with E-state index in [1.807, 2.05) is 18.2 Å².